The van der Waals surface area contributed by atoms with Crippen LogP contribution in [0.2, 0.25) is 0 Å². The molecule has 0 aromatic carbocycles. The van der Waals surface area contributed by atoms with E-state index in [9.17, 15) is 0 Å². The van der Waals surface area contributed by atoms with E-state index < -0.39 is 0 Å². The zero-order chi connectivity index (χ0) is 14.9. The predicted molar refractivity (Wildman–Crippen MR) is 83.7 cm³/mol. The van der Waals surface area contributed by atoms with Gasteiger partial charge in [-0.25, -0.2) is 0 Å². The maximum Gasteiger partial charge on any atom is 0.118 e. The molecule has 1 unspecified atom stereocenters. The highest BCUT2D eigenvalue weighted by Gasteiger charge is 2.25. The SMILES string of the molecule is Cc1oc(CN(C)C(C)C(C)(C)C)cc1CNC1CC1. The Morgan fingerprint density at radius 1 is 1.40 bits per heavy atom. The highest BCUT2D eigenvalue weighted by molar-refractivity contribution is 5.21. The lowest BCUT2D eigenvalue weighted by Gasteiger charge is -2.34. The van der Waals surface area contributed by atoms with Crippen molar-refractivity contribution in [3.05, 3.63) is 23.2 Å². The number of aryl methyl sites for hydroxylation is 1. The van der Waals surface area contributed by atoms with E-state index in [2.05, 4.69) is 57.9 Å². The van der Waals surface area contributed by atoms with Gasteiger partial charge in [-0.1, -0.05) is 20.8 Å². The van der Waals surface area contributed by atoms with Crippen LogP contribution in [0.25, 0.3) is 0 Å². The van der Waals surface area contributed by atoms with Crippen molar-refractivity contribution in [2.75, 3.05) is 7.05 Å². The zero-order valence-corrected chi connectivity index (χ0v) is 13.9. The maximum absolute atomic E-state index is 5.92. The van der Waals surface area contributed by atoms with Crippen molar-refractivity contribution in [2.24, 2.45) is 5.41 Å². The van der Waals surface area contributed by atoms with Gasteiger partial charge in [0.25, 0.3) is 0 Å². The minimum atomic E-state index is 0.284. The van der Waals surface area contributed by atoms with Gasteiger partial charge < -0.3 is 9.73 Å². The molecule has 0 radical (unpaired) electrons. The van der Waals surface area contributed by atoms with Crippen molar-refractivity contribution in [1.82, 2.24) is 10.2 Å². The van der Waals surface area contributed by atoms with Gasteiger partial charge in [0.05, 0.1) is 6.54 Å². The van der Waals surface area contributed by atoms with Crippen molar-refractivity contribution in [3.63, 3.8) is 0 Å². The topological polar surface area (TPSA) is 28.4 Å². The Bertz CT molecular complexity index is 440. The highest BCUT2D eigenvalue weighted by Crippen LogP contribution is 2.25. The summed E-state index contributed by atoms with van der Waals surface area (Å²) in [6.07, 6.45) is 2.66. The number of nitrogens with zero attached hydrogens (tertiary/aromatic N) is 1. The fourth-order valence-corrected chi connectivity index (χ4v) is 2.43. The van der Waals surface area contributed by atoms with Crippen LogP contribution in [-0.2, 0) is 13.1 Å². The average Bonchev–Trinajstić information content (AvgIpc) is 3.10. The minimum Gasteiger partial charge on any atom is -0.465 e. The van der Waals surface area contributed by atoms with E-state index in [1.165, 1.54) is 18.4 Å². The number of rotatable bonds is 6. The molecule has 1 atom stereocenters. The predicted octanol–water partition coefficient (Wildman–Crippen LogP) is 3.71. The lowest BCUT2D eigenvalue weighted by atomic mass is 9.87. The van der Waals surface area contributed by atoms with Gasteiger partial charge in [0.2, 0.25) is 0 Å². The van der Waals surface area contributed by atoms with Gasteiger partial charge >= 0.3 is 0 Å². The Morgan fingerprint density at radius 2 is 2.05 bits per heavy atom. The molecule has 1 aromatic heterocycles. The normalized spacial score (nSPS) is 17.8. The molecule has 0 spiro atoms. The third-order valence-electron chi connectivity index (χ3n) is 4.55. The minimum absolute atomic E-state index is 0.284. The van der Waals surface area contributed by atoms with E-state index in [4.69, 9.17) is 4.42 Å². The van der Waals surface area contributed by atoms with E-state index >= 15 is 0 Å². The third-order valence-corrected chi connectivity index (χ3v) is 4.55. The summed E-state index contributed by atoms with van der Waals surface area (Å²) in [5.41, 5.74) is 1.59. The summed E-state index contributed by atoms with van der Waals surface area (Å²) in [6, 6.07) is 3.48. The van der Waals surface area contributed by atoms with Crippen molar-refractivity contribution >= 4 is 0 Å². The molecular formula is C17H30N2O. The second-order valence-corrected chi connectivity index (χ2v) is 7.41. The highest BCUT2D eigenvalue weighted by atomic mass is 16.3. The summed E-state index contributed by atoms with van der Waals surface area (Å²) in [5, 5.41) is 3.55. The number of hydrogen-bond acceptors (Lipinski definition) is 3. The summed E-state index contributed by atoms with van der Waals surface area (Å²) < 4.78 is 5.92. The second-order valence-electron chi connectivity index (χ2n) is 7.41. The molecule has 20 heavy (non-hydrogen) atoms. The molecule has 0 aliphatic heterocycles. The van der Waals surface area contributed by atoms with Crippen LogP contribution in [0.3, 0.4) is 0 Å². The molecule has 0 amide bonds. The van der Waals surface area contributed by atoms with Gasteiger partial charge in [0.1, 0.15) is 11.5 Å². The van der Waals surface area contributed by atoms with Gasteiger partial charge in [0.15, 0.2) is 0 Å². The Morgan fingerprint density at radius 3 is 2.60 bits per heavy atom. The molecule has 1 N–H and O–H groups in total. The molecule has 0 saturated heterocycles. The first kappa shape index (κ1) is 15.6. The van der Waals surface area contributed by atoms with Crippen LogP contribution in [0.1, 0.15) is 57.6 Å². The average molecular weight is 278 g/mol. The maximum atomic E-state index is 5.92. The third kappa shape index (κ3) is 4.10. The lowest BCUT2D eigenvalue weighted by Crippen LogP contribution is -2.38. The molecule has 2 rings (SSSR count). The molecule has 1 aliphatic carbocycles. The lowest BCUT2D eigenvalue weighted by molar-refractivity contribution is 0.126. The van der Waals surface area contributed by atoms with E-state index in [-0.39, 0.29) is 5.41 Å². The summed E-state index contributed by atoms with van der Waals surface area (Å²) in [6.45, 7) is 13.0. The van der Waals surface area contributed by atoms with E-state index in [1.807, 2.05) is 0 Å². The van der Waals surface area contributed by atoms with Crippen LogP contribution in [0, 0.1) is 12.3 Å². The van der Waals surface area contributed by atoms with E-state index in [1.54, 1.807) is 0 Å². The quantitative estimate of drug-likeness (QED) is 0.860. The van der Waals surface area contributed by atoms with Crippen molar-refractivity contribution in [3.8, 4) is 0 Å². The summed E-state index contributed by atoms with van der Waals surface area (Å²) in [5.74, 6) is 2.14. The molecule has 3 heteroatoms. The molecular weight excluding hydrogens is 248 g/mol. The first-order valence-electron chi connectivity index (χ1n) is 7.79. The first-order chi connectivity index (χ1) is 9.27. The molecule has 1 fully saturated rings. The standard InChI is InChI=1S/C17H30N2O/c1-12-14(10-18-15-7-8-15)9-16(20-12)11-19(6)13(2)17(3,4)5/h9,13,15,18H,7-8,10-11H2,1-6H3. The van der Waals surface area contributed by atoms with E-state index in [0.717, 1.165) is 30.7 Å². The van der Waals surface area contributed by atoms with Crippen molar-refractivity contribution in [1.29, 1.82) is 0 Å². The first-order valence-corrected chi connectivity index (χ1v) is 7.79. The van der Waals surface area contributed by atoms with Crippen LogP contribution >= 0.6 is 0 Å². The van der Waals surface area contributed by atoms with Crippen LogP contribution in [-0.4, -0.2) is 24.0 Å². The molecule has 1 heterocycles. The molecule has 1 aliphatic rings. The Balaban J connectivity index is 1.93. The number of furan rings is 1. The van der Waals surface area contributed by atoms with Gasteiger partial charge in [-0.3, -0.25) is 4.90 Å². The van der Waals surface area contributed by atoms with Crippen LogP contribution in [0.5, 0.6) is 0 Å². The second kappa shape index (κ2) is 5.90. The molecule has 3 nitrogen and oxygen atoms in total. The molecule has 114 valence electrons. The summed E-state index contributed by atoms with van der Waals surface area (Å²) in [7, 11) is 2.18. The van der Waals surface area contributed by atoms with Gasteiger partial charge in [-0.05, 0) is 45.2 Å². The summed E-state index contributed by atoms with van der Waals surface area (Å²) >= 11 is 0. The zero-order valence-electron chi connectivity index (χ0n) is 13.9. The smallest absolute Gasteiger partial charge is 0.118 e. The van der Waals surface area contributed by atoms with Crippen molar-refractivity contribution < 1.29 is 4.42 Å². The molecule has 0 bridgehead atoms. The van der Waals surface area contributed by atoms with E-state index in [0.29, 0.717) is 6.04 Å². The summed E-state index contributed by atoms with van der Waals surface area (Å²) in [4.78, 5) is 2.37. The van der Waals surface area contributed by atoms with Crippen LogP contribution < -0.4 is 5.32 Å². The Kier molecular flexibility index (Phi) is 4.60. The van der Waals surface area contributed by atoms with Crippen molar-refractivity contribution in [2.45, 2.75) is 72.6 Å². The fourth-order valence-electron chi connectivity index (χ4n) is 2.43. The van der Waals surface area contributed by atoms with Gasteiger partial charge in [-0.15, -0.1) is 0 Å². The Labute approximate surface area is 123 Å². The number of nitrogens with one attached hydrogen (secondary N) is 1. The molecule has 1 saturated carbocycles. The van der Waals surface area contributed by atoms with Crippen LogP contribution in [0.4, 0.5) is 0 Å². The monoisotopic (exact) mass is 278 g/mol. The number of hydrogen-bond donors (Lipinski definition) is 1. The van der Waals surface area contributed by atoms with Crippen LogP contribution in [0.15, 0.2) is 10.5 Å². The van der Waals surface area contributed by atoms with Gasteiger partial charge in [0, 0.05) is 24.2 Å². The fraction of sp³-hybridized carbons (Fsp3) is 0.765. The van der Waals surface area contributed by atoms with Gasteiger partial charge in [-0.2, -0.15) is 0 Å². The Hall–Kier alpha value is -0.800. The largest absolute Gasteiger partial charge is 0.465 e. The molecule has 1 aromatic rings.